The van der Waals surface area contributed by atoms with Gasteiger partial charge in [0.25, 0.3) is 5.56 Å². The second-order valence-electron chi connectivity index (χ2n) is 9.63. The molecule has 0 saturated carbocycles. The van der Waals surface area contributed by atoms with Gasteiger partial charge in [-0.2, -0.15) is 0 Å². The lowest BCUT2D eigenvalue weighted by molar-refractivity contribution is -0.0246. The van der Waals surface area contributed by atoms with Gasteiger partial charge in [-0.25, -0.2) is 22.6 Å². The van der Waals surface area contributed by atoms with E-state index >= 15 is 0 Å². The van der Waals surface area contributed by atoms with Crippen LogP contribution < -0.4 is 15.0 Å². The van der Waals surface area contributed by atoms with Gasteiger partial charge in [-0.15, -0.1) is 5.10 Å². The average molecular weight is 515 g/mol. The predicted octanol–water partition coefficient (Wildman–Crippen LogP) is 2.65. The van der Waals surface area contributed by atoms with E-state index in [1.54, 1.807) is 17.5 Å². The summed E-state index contributed by atoms with van der Waals surface area (Å²) >= 11 is 0. The summed E-state index contributed by atoms with van der Waals surface area (Å²) in [6, 6.07) is 5.86. The number of ether oxygens (including phenoxy) is 1. The molecule has 3 aromatic rings. The van der Waals surface area contributed by atoms with E-state index in [9.17, 15) is 13.2 Å². The maximum atomic E-state index is 13.2. The molecular weight excluding hydrogens is 480 g/mol. The molecule has 0 aliphatic carbocycles. The van der Waals surface area contributed by atoms with Gasteiger partial charge in [-0.05, 0) is 57.7 Å². The molecule has 2 aromatic heterocycles. The first-order valence-corrected chi connectivity index (χ1v) is 14.3. The van der Waals surface area contributed by atoms with Crippen LogP contribution in [0.2, 0.25) is 0 Å². The number of benzene rings is 1. The first kappa shape index (κ1) is 24.9. The number of hydrogen-bond donors (Lipinski definition) is 2. The lowest BCUT2D eigenvalue weighted by Gasteiger charge is -2.53. The first-order chi connectivity index (χ1) is 17.3. The highest BCUT2D eigenvalue weighted by Crippen LogP contribution is 2.37. The van der Waals surface area contributed by atoms with E-state index in [0.29, 0.717) is 66.5 Å². The number of rotatable bonds is 10. The molecule has 10 nitrogen and oxygen atoms in total. The van der Waals surface area contributed by atoms with Crippen LogP contribution in [0.15, 0.2) is 27.9 Å². The molecule has 36 heavy (non-hydrogen) atoms. The third-order valence-electron chi connectivity index (χ3n) is 7.25. The molecule has 2 fully saturated rings. The number of sulfonamides is 1. The Labute approximate surface area is 211 Å². The van der Waals surface area contributed by atoms with E-state index in [-0.39, 0.29) is 16.3 Å². The van der Waals surface area contributed by atoms with Crippen LogP contribution in [-0.4, -0.2) is 64.7 Å². The topological polar surface area (TPSA) is 122 Å². The van der Waals surface area contributed by atoms with Crippen molar-refractivity contribution in [2.75, 3.05) is 19.7 Å². The molecule has 11 heteroatoms. The Morgan fingerprint density at radius 2 is 2.00 bits per heavy atom. The Balaban J connectivity index is 1.45. The van der Waals surface area contributed by atoms with E-state index in [1.165, 1.54) is 37.8 Å². The van der Waals surface area contributed by atoms with Gasteiger partial charge in [0.1, 0.15) is 11.6 Å². The number of aromatic amines is 1. The molecule has 2 atom stereocenters. The van der Waals surface area contributed by atoms with Crippen LogP contribution in [0.5, 0.6) is 5.75 Å². The molecule has 2 aliphatic heterocycles. The van der Waals surface area contributed by atoms with Crippen molar-refractivity contribution >= 4 is 15.5 Å². The number of piperidine rings is 1. The minimum atomic E-state index is -3.76. The molecule has 0 amide bonds. The zero-order valence-corrected chi connectivity index (χ0v) is 21.9. The molecule has 2 aliphatic rings. The largest absolute Gasteiger partial charge is 0.493 e. The third-order valence-corrected chi connectivity index (χ3v) is 8.71. The summed E-state index contributed by atoms with van der Waals surface area (Å²) in [5.41, 5.74) is 1.07. The molecule has 5 rings (SSSR count). The molecule has 2 saturated heterocycles. The van der Waals surface area contributed by atoms with E-state index in [1.807, 2.05) is 13.8 Å². The zero-order chi connectivity index (χ0) is 25.4. The fourth-order valence-corrected chi connectivity index (χ4v) is 6.59. The zero-order valence-electron chi connectivity index (χ0n) is 21.1. The van der Waals surface area contributed by atoms with Crippen molar-refractivity contribution < 1.29 is 13.2 Å². The molecular formula is C25H34N6O4S. The van der Waals surface area contributed by atoms with Gasteiger partial charge in [0.05, 0.1) is 22.8 Å². The van der Waals surface area contributed by atoms with Gasteiger partial charge >= 0.3 is 0 Å². The SMILES string of the molecule is CCCc1nc(C)c2c(=O)[nH]c(-c3cc(S(=O)(=O)NCCN4C5CCCC4C5)ccc3OCC)nn12. The molecule has 2 unspecified atom stereocenters. The fourth-order valence-electron chi connectivity index (χ4n) is 5.54. The lowest BCUT2D eigenvalue weighted by atomic mass is 9.80. The molecule has 2 bridgehead atoms. The van der Waals surface area contributed by atoms with Crippen molar-refractivity contribution in [3.05, 3.63) is 40.1 Å². The average Bonchev–Trinajstić information content (AvgIpc) is 3.18. The Morgan fingerprint density at radius 3 is 2.69 bits per heavy atom. The maximum absolute atomic E-state index is 13.2. The van der Waals surface area contributed by atoms with Crippen molar-refractivity contribution in [2.24, 2.45) is 0 Å². The molecule has 2 N–H and O–H groups in total. The highest BCUT2D eigenvalue weighted by atomic mass is 32.2. The number of imidazole rings is 1. The van der Waals surface area contributed by atoms with Crippen LogP contribution in [0.4, 0.5) is 0 Å². The van der Waals surface area contributed by atoms with Crippen LogP contribution in [0, 0.1) is 6.92 Å². The number of aromatic nitrogens is 4. The number of hydrogen-bond acceptors (Lipinski definition) is 7. The lowest BCUT2D eigenvalue weighted by Crippen LogP contribution is -2.60. The summed E-state index contributed by atoms with van der Waals surface area (Å²) in [5, 5.41) is 4.64. The Bertz CT molecular complexity index is 1420. The molecule has 1 aromatic carbocycles. The second kappa shape index (κ2) is 9.95. The van der Waals surface area contributed by atoms with Crippen LogP contribution in [0.3, 0.4) is 0 Å². The van der Waals surface area contributed by atoms with Gasteiger partial charge in [0, 0.05) is 31.6 Å². The summed E-state index contributed by atoms with van der Waals surface area (Å²) in [7, 11) is -3.76. The van der Waals surface area contributed by atoms with Crippen molar-refractivity contribution in [3.8, 4) is 17.1 Å². The van der Waals surface area contributed by atoms with Crippen LogP contribution in [0.1, 0.15) is 57.5 Å². The predicted molar refractivity (Wildman–Crippen MR) is 137 cm³/mol. The second-order valence-corrected chi connectivity index (χ2v) is 11.4. The van der Waals surface area contributed by atoms with Gasteiger partial charge in [-0.1, -0.05) is 13.3 Å². The van der Waals surface area contributed by atoms with Crippen molar-refractivity contribution in [2.45, 2.75) is 76.3 Å². The van der Waals surface area contributed by atoms with E-state index in [0.717, 1.165) is 6.42 Å². The number of nitrogens with zero attached hydrogens (tertiary/aromatic N) is 4. The van der Waals surface area contributed by atoms with Crippen molar-refractivity contribution in [1.82, 2.24) is 29.2 Å². The smallest absolute Gasteiger partial charge is 0.277 e. The molecule has 0 radical (unpaired) electrons. The summed E-state index contributed by atoms with van der Waals surface area (Å²) in [4.78, 5) is 22.8. The van der Waals surface area contributed by atoms with E-state index < -0.39 is 10.0 Å². The minimum absolute atomic E-state index is 0.100. The quantitative estimate of drug-likeness (QED) is 0.427. The molecule has 194 valence electrons. The van der Waals surface area contributed by atoms with E-state index in [4.69, 9.17) is 4.74 Å². The van der Waals surface area contributed by atoms with Crippen molar-refractivity contribution in [1.29, 1.82) is 0 Å². The normalized spacial score (nSPS) is 20.0. The first-order valence-electron chi connectivity index (χ1n) is 12.8. The molecule has 0 spiro atoms. The Hall–Kier alpha value is -2.76. The fraction of sp³-hybridized carbons (Fsp3) is 0.560. The highest BCUT2D eigenvalue weighted by Gasteiger charge is 2.40. The van der Waals surface area contributed by atoms with Gasteiger partial charge in [0.15, 0.2) is 11.3 Å². The highest BCUT2D eigenvalue weighted by molar-refractivity contribution is 7.89. The number of fused-ring (bicyclic) bond motifs is 3. The standard InChI is InChI=1S/C25H34N6O4S/c1-4-7-22-27-16(3)23-25(32)28-24(29-31(22)23)20-15-19(10-11-21(20)35-5-2)36(33,34)26-12-13-30-17-8-6-9-18(30)14-17/h10-11,15,17-18,26H,4-9,12-14H2,1-3H3,(H,28,29,32). The summed E-state index contributed by atoms with van der Waals surface area (Å²) in [6.45, 7) is 7.11. The number of nitrogens with one attached hydrogen (secondary N) is 2. The van der Waals surface area contributed by atoms with Gasteiger partial charge in [0.2, 0.25) is 10.0 Å². The number of aryl methyl sites for hydroxylation is 2. The summed E-state index contributed by atoms with van der Waals surface area (Å²) < 4.78 is 36.4. The third kappa shape index (κ3) is 4.55. The Kier molecular flexibility index (Phi) is 6.88. The minimum Gasteiger partial charge on any atom is -0.493 e. The van der Waals surface area contributed by atoms with Gasteiger partial charge < -0.3 is 9.72 Å². The van der Waals surface area contributed by atoms with Crippen LogP contribution >= 0.6 is 0 Å². The van der Waals surface area contributed by atoms with Crippen LogP contribution in [-0.2, 0) is 16.4 Å². The van der Waals surface area contributed by atoms with Crippen molar-refractivity contribution in [3.63, 3.8) is 0 Å². The monoisotopic (exact) mass is 514 g/mol. The molecule has 4 heterocycles. The number of H-pyrrole nitrogens is 1. The Morgan fingerprint density at radius 1 is 1.22 bits per heavy atom. The van der Waals surface area contributed by atoms with E-state index in [2.05, 4.69) is 24.7 Å². The van der Waals surface area contributed by atoms with Gasteiger partial charge in [-0.3, -0.25) is 9.69 Å². The summed E-state index contributed by atoms with van der Waals surface area (Å²) in [5.74, 6) is 1.37. The maximum Gasteiger partial charge on any atom is 0.277 e. The summed E-state index contributed by atoms with van der Waals surface area (Å²) in [6.07, 6.45) is 6.44. The van der Waals surface area contributed by atoms with Crippen LogP contribution in [0.25, 0.3) is 16.9 Å².